The van der Waals surface area contributed by atoms with Crippen LogP contribution in [0.15, 0.2) is 71.7 Å². The molecular formula is C25H20N2O5S. The molecule has 0 atom stereocenters. The lowest BCUT2D eigenvalue weighted by molar-refractivity contribution is -0.141. The second kappa shape index (κ2) is 8.91. The van der Waals surface area contributed by atoms with E-state index in [0.717, 1.165) is 22.2 Å². The Morgan fingerprint density at radius 3 is 2.42 bits per heavy atom. The molecule has 0 saturated heterocycles. The Hall–Kier alpha value is -3.91. The highest BCUT2D eigenvalue weighted by atomic mass is 32.1. The number of ether oxygens (including phenoxy) is 3. The molecular weight excluding hydrogens is 440 g/mol. The lowest BCUT2D eigenvalue weighted by atomic mass is 10.0. The Morgan fingerprint density at radius 2 is 1.70 bits per heavy atom. The van der Waals surface area contributed by atoms with Gasteiger partial charge >= 0.3 is 5.97 Å². The summed E-state index contributed by atoms with van der Waals surface area (Å²) in [6.07, 6.45) is 0.788. The second-order valence-electron chi connectivity index (χ2n) is 7.50. The van der Waals surface area contributed by atoms with Gasteiger partial charge in [0.25, 0.3) is 5.91 Å². The molecule has 3 aromatic carbocycles. The van der Waals surface area contributed by atoms with Gasteiger partial charge in [0.05, 0.1) is 17.3 Å². The molecule has 1 aromatic heterocycles. The van der Waals surface area contributed by atoms with Gasteiger partial charge in [-0.2, -0.15) is 4.99 Å². The first-order valence-corrected chi connectivity index (χ1v) is 11.1. The van der Waals surface area contributed by atoms with E-state index in [1.807, 2.05) is 36.4 Å². The third kappa shape index (κ3) is 4.38. The van der Waals surface area contributed by atoms with E-state index in [1.165, 1.54) is 24.0 Å². The van der Waals surface area contributed by atoms with E-state index < -0.39 is 5.97 Å². The Morgan fingerprint density at radius 1 is 1.00 bits per heavy atom. The molecule has 1 aliphatic heterocycles. The predicted molar refractivity (Wildman–Crippen MR) is 124 cm³/mol. The first-order valence-electron chi connectivity index (χ1n) is 10.3. The van der Waals surface area contributed by atoms with Crippen LogP contribution in [0.2, 0.25) is 0 Å². The fraction of sp³-hybridized carbons (Fsp3) is 0.160. The number of fused-ring (bicyclic) bond motifs is 2. The quantitative estimate of drug-likeness (QED) is 0.422. The molecule has 1 aliphatic rings. The van der Waals surface area contributed by atoms with Crippen molar-refractivity contribution in [2.75, 3.05) is 13.9 Å². The van der Waals surface area contributed by atoms with Gasteiger partial charge in [-0.3, -0.25) is 9.59 Å². The molecule has 4 aromatic rings. The number of methoxy groups -OCH3 is 1. The van der Waals surface area contributed by atoms with Crippen molar-refractivity contribution < 1.29 is 23.8 Å². The van der Waals surface area contributed by atoms with Crippen molar-refractivity contribution in [3.8, 4) is 11.5 Å². The number of amides is 1. The molecule has 8 heteroatoms. The Balaban J connectivity index is 1.48. The van der Waals surface area contributed by atoms with Crippen LogP contribution in [0.25, 0.3) is 10.2 Å². The standard InChI is InChI=1S/C25H20N2O5S/c1-30-23(28)14-27-19-12-20-21(32-15-31-20)13-22(19)33-25(27)26-24(29)18-9-7-17(8-10-18)11-16-5-3-2-4-6-16/h2-10,12-13H,11,14-15H2,1H3. The Kier molecular flexibility index (Phi) is 5.66. The number of hydrogen-bond acceptors (Lipinski definition) is 6. The SMILES string of the molecule is COC(=O)Cn1c(=NC(=O)c2ccc(Cc3ccccc3)cc2)sc2cc3c(cc21)OCO3. The number of carbonyl (C=O) groups is 2. The van der Waals surface area contributed by atoms with Crippen molar-refractivity contribution >= 4 is 33.4 Å². The first-order chi connectivity index (χ1) is 16.1. The zero-order chi connectivity index (χ0) is 22.8. The van der Waals surface area contributed by atoms with Gasteiger partial charge in [-0.05, 0) is 29.7 Å². The molecule has 0 radical (unpaired) electrons. The number of nitrogens with zero attached hydrogens (tertiary/aromatic N) is 2. The van der Waals surface area contributed by atoms with Crippen LogP contribution in [0, 0.1) is 0 Å². The predicted octanol–water partition coefficient (Wildman–Crippen LogP) is 3.94. The molecule has 0 fully saturated rings. The molecule has 2 heterocycles. The Bertz CT molecular complexity index is 1400. The number of hydrogen-bond donors (Lipinski definition) is 0. The van der Waals surface area contributed by atoms with Gasteiger partial charge < -0.3 is 18.8 Å². The molecule has 5 rings (SSSR count). The minimum absolute atomic E-state index is 0.0712. The van der Waals surface area contributed by atoms with Gasteiger partial charge in [0, 0.05) is 17.7 Å². The molecule has 7 nitrogen and oxygen atoms in total. The third-order valence-electron chi connectivity index (χ3n) is 5.34. The van der Waals surface area contributed by atoms with E-state index >= 15 is 0 Å². The van der Waals surface area contributed by atoms with Gasteiger partial charge in [-0.1, -0.05) is 53.8 Å². The molecule has 0 unspecified atom stereocenters. The van der Waals surface area contributed by atoms with Crippen LogP contribution in [-0.2, 0) is 22.5 Å². The summed E-state index contributed by atoms with van der Waals surface area (Å²) in [4.78, 5) is 29.7. The molecule has 33 heavy (non-hydrogen) atoms. The van der Waals surface area contributed by atoms with E-state index in [-0.39, 0.29) is 19.2 Å². The maximum absolute atomic E-state index is 12.9. The van der Waals surface area contributed by atoms with E-state index in [0.29, 0.717) is 21.9 Å². The molecule has 0 aliphatic carbocycles. The molecule has 0 N–H and O–H groups in total. The van der Waals surface area contributed by atoms with E-state index in [1.54, 1.807) is 22.8 Å². The topological polar surface area (TPSA) is 79.1 Å². The van der Waals surface area contributed by atoms with Gasteiger partial charge in [-0.15, -0.1) is 0 Å². The highest BCUT2D eigenvalue weighted by molar-refractivity contribution is 7.16. The molecule has 166 valence electrons. The summed E-state index contributed by atoms with van der Waals surface area (Å²) in [5.74, 6) is 0.393. The monoisotopic (exact) mass is 460 g/mol. The maximum Gasteiger partial charge on any atom is 0.325 e. The first kappa shape index (κ1) is 21.0. The van der Waals surface area contributed by atoms with Crippen LogP contribution in [0.4, 0.5) is 0 Å². The van der Waals surface area contributed by atoms with Crippen LogP contribution in [0.1, 0.15) is 21.5 Å². The average Bonchev–Trinajstić information content (AvgIpc) is 3.42. The van der Waals surface area contributed by atoms with Crippen molar-refractivity contribution in [2.24, 2.45) is 4.99 Å². The largest absolute Gasteiger partial charge is 0.468 e. The minimum atomic E-state index is -0.438. The van der Waals surface area contributed by atoms with Crippen molar-refractivity contribution in [3.05, 3.63) is 88.2 Å². The molecule has 1 amide bonds. The molecule has 0 spiro atoms. The zero-order valence-corrected chi connectivity index (χ0v) is 18.6. The number of benzene rings is 3. The highest BCUT2D eigenvalue weighted by Gasteiger charge is 2.19. The van der Waals surface area contributed by atoms with Crippen molar-refractivity contribution in [2.45, 2.75) is 13.0 Å². The lowest BCUT2D eigenvalue weighted by Crippen LogP contribution is -2.22. The number of carbonyl (C=O) groups excluding carboxylic acids is 2. The number of esters is 1. The third-order valence-corrected chi connectivity index (χ3v) is 6.38. The van der Waals surface area contributed by atoms with Crippen molar-refractivity contribution in [1.82, 2.24) is 4.57 Å². The van der Waals surface area contributed by atoms with Gasteiger partial charge in [0.15, 0.2) is 16.3 Å². The fourth-order valence-electron chi connectivity index (χ4n) is 3.64. The van der Waals surface area contributed by atoms with Crippen LogP contribution in [-0.4, -0.2) is 30.3 Å². The number of rotatable bonds is 5. The van der Waals surface area contributed by atoms with Crippen LogP contribution >= 0.6 is 11.3 Å². The summed E-state index contributed by atoms with van der Waals surface area (Å²) >= 11 is 1.30. The van der Waals surface area contributed by atoms with E-state index in [2.05, 4.69) is 17.1 Å². The number of aromatic nitrogens is 1. The molecule has 0 saturated carbocycles. The normalized spacial score (nSPS) is 12.8. The maximum atomic E-state index is 12.9. The zero-order valence-electron chi connectivity index (χ0n) is 17.8. The summed E-state index contributed by atoms with van der Waals surface area (Å²) in [6.45, 7) is 0.0812. The summed E-state index contributed by atoms with van der Waals surface area (Å²) in [5, 5.41) is 0. The minimum Gasteiger partial charge on any atom is -0.468 e. The second-order valence-corrected chi connectivity index (χ2v) is 8.51. The van der Waals surface area contributed by atoms with Crippen molar-refractivity contribution in [3.63, 3.8) is 0 Å². The van der Waals surface area contributed by atoms with Crippen LogP contribution in [0.3, 0.4) is 0 Å². The fourth-order valence-corrected chi connectivity index (χ4v) is 4.68. The average molecular weight is 461 g/mol. The summed E-state index contributed by atoms with van der Waals surface area (Å²) in [7, 11) is 1.32. The van der Waals surface area contributed by atoms with Gasteiger partial charge in [0.2, 0.25) is 6.79 Å². The smallest absolute Gasteiger partial charge is 0.325 e. The molecule has 0 bridgehead atoms. The van der Waals surface area contributed by atoms with Crippen LogP contribution in [0.5, 0.6) is 11.5 Å². The van der Waals surface area contributed by atoms with Crippen LogP contribution < -0.4 is 14.3 Å². The van der Waals surface area contributed by atoms with E-state index in [9.17, 15) is 9.59 Å². The van der Waals surface area contributed by atoms with Gasteiger partial charge in [-0.25, -0.2) is 0 Å². The Labute approximate surface area is 193 Å². The van der Waals surface area contributed by atoms with Gasteiger partial charge in [0.1, 0.15) is 6.54 Å². The highest BCUT2D eigenvalue weighted by Crippen LogP contribution is 2.37. The number of thiazole rings is 1. The lowest BCUT2D eigenvalue weighted by Gasteiger charge is -2.05. The summed E-state index contributed by atoms with van der Waals surface area (Å²) < 4.78 is 18.2. The van der Waals surface area contributed by atoms with Crippen molar-refractivity contribution in [1.29, 1.82) is 0 Å². The summed E-state index contributed by atoms with van der Waals surface area (Å²) in [5.41, 5.74) is 3.51. The summed E-state index contributed by atoms with van der Waals surface area (Å²) in [6, 6.07) is 21.2. The van der Waals surface area contributed by atoms with E-state index in [4.69, 9.17) is 14.2 Å².